The summed E-state index contributed by atoms with van der Waals surface area (Å²) in [5.41, 5.74) is 1.24. The Balaban J connectivity index is 0.00000235. The van der Waals surface area contributed by atoms with Crippen molar-refractivity contribution in [3.63, 3.8) is 0 Å². The van der Waals surface area contributed by atoms with Gasteiger partial charge in [-0.05, 0) is 88.6 Å². The van der Waals surface area contributed by atoms with Gasteiger partial charge in [0.15, 0.2) is 0 Å². The first-order valence-corrected chi connectivity index (χ1v) is 15.2. The molecule has 0 spiro atoms. The molecule has 0 radical (unpaired) electrons. The van der Waals surface area contributed by atoms with Crippen LogP contribution in [0.3, 0.4) is 0 Å². The normalized spacial score (nSPS) is 24.3. The van der Waals surface area contributed by atoms with Gasteiger partial charge < -0.3 is 15.1 Å². The number of hydrogen-bond donors (Lipinski definition) is 3. The highest BCUT2D eigenvalue weighted by Crippen LogP contribution is 2.35. The molecule has 208 valence electrons. The summed E-state index contributed by atoms with van der Waals surface area (Å²) in [6, 6.07) is 5.53. The lowest BCUT2D eigenvalue weighted by Crippen LogP contribution is -2.44. The number of nitrogens with one attached hydrogen (secondary N) is 3. The standard InChI is InChI=1S/C29H49N5S.C2H4/c1-7-23-10-12-24(13-11-23)21(4)32-27(28-9-8-18-35-28)16-17-33(6)25-14-15-26(19-25)34(22(5)30)29(31)20(2)3;1-2/h8-9,18,20,23-27,30-32H,4,7,10-17,19H2,1-3,5-6H3;1-2H2. The van der Waals surface area contributed by atoms with E-state index in [0.717, 1.165) is 38.1 Å². The molecular weight excluding hydrogens is 474 g/mol. The second kappa shape index (κ2) is 15.5. The smallest absolute Gasteiger partial charge is 0.104 e. The highest BCUT2D eigenvalue weighted by Gasteiger charge is 2.34. The Hall–Kier alpha value is -1.92. The second-order valence-corrected chi connectivity index (χ2v) is 12.2. The van der Waals surface area contributed by atoms with E-state index in [2.05, 4.69) is 75.3 Å². The number of nitrogens with zero attached hydrogens (tertiary/aromatic N) is 2. The Labute approximate surface area is 231 Å². The Morgan fingerprint density at radius 2 is 1.76 bits per heavy atom. The van der Waals surface area contributed by atoms with E-state index in [1.165, 1.54) is 42.7 Å². The molecule has 0 saturated heterocycles. The van der Waals surface area contributed by atoms with E-state index in [1.54, 1.807) is 0 Å². The highest BCUT2D eigenvalue weighted by atomic mass is 32.1. The molecule has 3 unspecified atom stereocenters. The molecule has 0 aromatic carbocycles. The van der Waals surface area contributed by atoms with Gasteiger partial charge in [-0.25, -0.2) is 0 Å². The van der Waals surface area contributed by atoms with Crippen LogP contribution in [0, 0.1) is 28.6 Å². The molecular formula is C31H53N5S. The predicted octanol–water partition coefficient (Wildman–Crippen LogP) is 8.09. The van der Waals surface area contributed by atoms with Crippen molar-refractivity contribution in [1.82, 2.24) is 15.1 Å². The average Bonchev–Trinajstić information content (AvgIpc) is 3.60. The number of allylic oxidation sites excluding steroid dienone is 1. The lowest BCUT2D eigenvalue weighted by Gasteiger charge is -2.34. The molecule has 2 aliphatic rings. The highest BCUT2D eigenvalue weighted by molar-refractivity contribution is 7.10. The van der Waals surface area contributed by atoms with Crippen LogP contribution in [0.4, 0.5) is 0 Å². The van der Waals surface area contributed by atoms with E-state index in [1.807, 2.05) is 23.2 Å². The lowest BCUT2D eigenvalue weighted by molar-refractivity contribution is 0.225. The fourth-order valence-electron chi connectivity index (χ4n) is 6.05. The molecule has 0 amide bonds. The number of rotatable bonds is 11. The summed E-state index contributed by atoms with van der Waals surface area (Å²) in [6.45, 7) is 19.8. The van der Waals surface area contributed by atoms with Crippen molar-refractivity contribution in [3.05, 3.63) is 47.8 Å². The average molecular weight is 528 g/mol. The van der Waals surface area contributed by atoms with Crippen LogP contribution in [0.15, 0.2) is 42.9 Å². The maximum atomic E-state index is 8.51. The summed E-state index contributed by atoms with van der Waals surface area (Å²) in [6.07, 6.45) is 10.9. The summed E-state index contributed by atoms with van der Waals surface area (Å²) >= 11 is 1.84. The van der Waals surface area contributed by atoms with Crippen LogP contribution in [0.5, 0.6) is 0 Å². The molecule has 37 heavy (non-hydrogen) atoms. The molecule has 2 aliphatic carbocycles. The van der Waals surface area contributed by atoms with Crippen molar-refractivity contribution in [3.8, 4) is 0 Å². The minimum Gasteiger partial charge on any atom is -0.381 e. The van der Waals surface area contributed by atoms with Gasteiger partial charge in [0, 0.05) is 35.1 Å². The van der Waals surface area contributed by atoms with Crippen LogP contribution in [0.1, 0.15) is 96.4 Å². The largest absolute Gasteiger partial charge is 0.381 e. The summed E-state index contributed by atoms with van der Waals surface area (Å²) in [5, 5.41) is 22.8. The van der Waals surface area contributed by atoms with Crippen LogP contribution in [0.2, 0.25) is 0 Å². The lowest BCUT2D eigenvalue weighted by atomic mass is 9.79. The quantitative estimate of drug-likeness (QED) is 0.155. The summed E-state index contributed by atoms with van der Waals surface area (Å²) in [5.74, 6) is 2.76. The third kappa shape index (κ3) is 8.81. The maximum Gasteiger partial charge on any atom is 0.104 e. The van der Waals surface area contributed by atoms with Crippen LogP contribution in [-0.4, -0.2) is 47.1 Å². The molecule has 1 heterocycles. The van der Waals surface area contributed by atoms with Crippen LogP contribution >= 0.6 is 11.3 Å². The Morgan fingerprint density at radius 3 is 2.30 bits per heavy atom. The molecule has 1 aromatic rings. The summed E-state index contributed by atoms with van der Waals surface area (Å²) < 4.78 is 0. The summed E-state index contributed by atoms with van der Waals surface area (Å²) in [4.78, 5) is 5.90. The van der Waals surface area contributed by atoms with Crippen molar-refractivity contribution in [2.45, 2.75) is 104 Å². The minimum atomic E-state index is 0.148. The summed E-state index contributed by atoms with van der Waals surface area (Å²) in [7, 11) is 2.26. The van der Waals surface area contributed by atoms with Gasteiger partial charge in [-0.1, -0.05) is 39.8 Å². The SMILES string of the molecule is C=C.C=C(NC(CCN(C)C1CCC(N(C(C)=N)C(=N)C(C)C)C1)c1cccs1)C1CCC(CC)CC1. The topological polar surface area (TPSA) is 66.2 Å². The fourth-order valence-corrected chi connectivity index (χ4v) is 6.86. The first-order valence-electron chi connectivity index (χ1n) is 14.3. The van der Waals surface area contributed by atoms with Crippen LogP contribution in [0.25, 0.3) is 0 Å². The molecule has 5 nitrogen and oxygen atoms in total. The van der Waals surface area contributed by atoms with E-state index >= 15 is 0 Å². The minimum absolute atomic E-state index is 0.148. The zero-order valence-corrected chi connectivity index (χ0v) is 25.0. The van der Waals surface area contributed by atoms with Crippen molar-refractivity contribution < 1.29 is 0 Å². The molecule has 0 bridgehead atoms. The van der Waals surface area contributed by atoms with E-state index < -0.39 is 0 Å². The van der Waals surface area contributed by atoms with Gasteiger partial charge in [0.2, 0.25) is 0 Å². The number of thiophene rings is 1. The van der Waals surface area contributed by atoms with Gasteiger partial charge in [-0.15, -0.1) is 24.5 Å². The van der Waals surface area contributed by atoms with Gasteiger partial charge >= 0.3 is 0 Å². The molecule has 2 saturated carbocycles. The van der Waals surface area contributed by atoms with Crippen molar-refractivity contribution in [2.24, 2.45) is 17.8 Å². The van der Waals surface area contributed by atoms with E-state index in [4.69, 9.17) is 10.8 Å². The van der Waals surface area contributed by atoms with Gasteiger partial charge in [-0.2, -0.15) is 0 Å². The van der Waals surface area contributed by atoms with Crippen LogP contribution < -0.4 is 5.32 Å². The van der Waals surface area contributed by atoms with Crippen molar-refractivity contribution >= 4 is 23.0 Å². The van der Waals surface area contributed by atoms with Crippen LogP contribution in [-0.2, 0) is 0 Å². The van der Waals surface area contributed by atoms with Gasteiger partial charge in [0.1, 0.15) is 5.84 Å². The Bertz CT molecular complexity index is 840. The Kier molecular flexibility index (Phi) is 13.1. The second-order valence-electron chi connectivity index (χ2n) is 11.2. The first kappa shape index (κ1) is 31.3. The van der Waals surface area contributed by atoms with Crippen molar-refractivity contribution in [1.29, 1.82) is 10.8 Å². The van der Waals surface area contributed by atoms with Gasteiger partial charge in [-0.3, -0.25) is 10.8 Å². The van der Waals surface area contributed by atoms with E-state index in [-0.39, 0.29) is 12.0 Å². The monoisotopic (exact) mass is 527 g/mol. The Morgan fingerprint density at radius 1 is 1.11 bits per heavy atom. The number of hydrogen-bond acceptors (Lipinski definition) is 5. The number of amidine groups is 2. The fraction of sp³-hybridized carbons (Fsp3) is 0.677. The maximum absolute atomic E-state index is 8.51. The van der Waals surface area contributed by atoms with E-state index in [9.17, 15) is 0 Å². The molecule has 3 rings (SSSR count). The zero-order chi connectivity index (χ0) is 27.5. The third-order valence-electron chi connectivity index (χ3n) is 8.47. The molecule has 3 N–H and O–H groups in total. The predicted molar refractivity (Wildman–Crippen MR) is 163 cm³/mol. The van der Waals surface area contributed by atoms with Crippen molar-refractivity contribution in [2.75, 3.05) is 13.6 Å². The molecule has 3 atom stereocenters. The molecule has 6 heteroatoms. The molecule has 0 aliphatic heterocycles. The van der Waals surface area contributed by atoms with Gasteiger partial charge in [0.25, 0.3) is 0 Å². The third-order valence-corrected chi connectivity index (χ3v) is 9.45. The van der Waals surface area contributed by atoms with Gasteiger partial charge in [0.05, 0.1) is 11.9 Å². The zero-order valence-electron chi connectivity index (χ0n) is 24.2. The molecule has 1 aromatic heterocycles. The van der Waals surface area contributed by atoms with E-state index in [0.29, 0.717) is 29.7 Å². The first-order chi connectivity index (χ1) is 17.7. The molecule has 2 fully saturated rings.